The SMILES string of the molecule is Cc1cc(I)c2c(c1)C(=O)N(C)C2=O. The molecule has 0 atom stereocenters. The standard InChI is InChI=1S/C10H8INO2/c1-5-3-6-8(7(11)4-5)10(14)12(2)9(6)13/h3-4H,1-2H3. The first-order valence-corrected chi connectivity index (χ1v) is 5.23. The first-order chi connectivity index (χ1) is 6.52. The lowest BCUT2D eigenvalue weighted by Crippen LogP contribution is -2.24. The van der Waals surface area contributed by atoms with Crippen LogP contribution in [0.25, 0.3) is 0 Å². The molecule has 0 aliphatic carbocycles. The summed E-state index contributed by atoms with van der Waals surface area (Å²) < 4.78 is 0.848. The Bertz CT molecular complexity index is 454. The number of carbonyl (C=O) groups is 2. The van der Waals surface area contributed by atoms with Crippen molar-refractivity contribution in [1.29, 1.82) is 0 Å². The van der Waals surface area contributed by atoms with Crippen LogP contribution in [0.1, 0.15) is 26.3 Å². The van der Waals surface area contributed by atoms with Gasteiger partial charge in [0, 0.05) is 10.6 Å². The van der Waals surface area contributed by atoms with Crippen LogP contribution in [0, 0.1) is 10.5 Å². The molecule has 0 fully saturated rings. The Hall–Kier alpha value is -0.910. The van der Waals surface area contributed by atoms with E-state index < -0.39 is 0 Å². The number of nitrogens with zero attached hydrogens (tertiary/aromatic N) is 1. The predicted octanol–water partition coefficient (Wildman–Crippen LogP) is 1.83. The lowest BCUT2D eigenvalue weighted by Gasteiger charge is -2.02. The molecule has 2 amide bonds. The van der Waals surface area contributed by atoms with E-state index in [4.69, 9.17) is 0 Å². The van der Waals surface area contributed by atoms with Crippen LogP contribution in [0.2, 0.25) is 0 Å². The molecule has 0 radical (unpaired) electrons. The van der Waals surface area contributed by atoms with Gasteiger partial charge in [-0.05, 0) is 47.2 Å². The smallest absolute Gasteiger partial charge is 0.262 e. The minimum atomic E-state index is -0.202. The number of halogens is 1. The lowest BCUT2D eigenvalue weighted by atomic mass is 10.1. The molecule has 1 aliphatic rings. The van der Waals surface area contributed by atoms with Crippen molar-refractivity contribution < 1.29 is 9.59 Å². The molecule has 2 rings (SSSR count). The highest BCUT2D eigenvalue weighted by Crippen LogP contribution is 2.27. The molecule has 0 spiro atoms. The predicted molar refractivity (Wildman–Crippen MR) is 60.3 cm³/mol. The van der Waals surface area contributed by atoms with Gasteiger partial charge in [-0.2, -0.15) is 0 Å². The Balaban J connectivity index is 2.76. The van der Waals surface area contributed by atoms with Gasteiger partial charge in [-0.1, -0.05) is 0 Å². The normalized spacial score (nSPS) is 14.9. The van der Waals surface area contributed by atoms with Crippen LogP contribution in [0.5, 0.6) is 0 Å². The first kappa shape index (κ1) is 9.64. The van der Waals surface area contributed by atoms with Crippen molar-refractivity contribution in [3.63, 3.8) is 0 Å². The maximum absolute atomic E-state index is 11.6. The Labute approximate surface area is 95.2 Å². The third-order valence-electron chi connectivity index (χ3n) is 2.29. The maximum Gasteiger partial charge on any atom is 0.262 e. The van der Waals surface area contributed by atoms with Crippen LogP contribution in [0.3, 0.4) is 0 Å². The van der Waals surface area contributed by atoms with E-state index in [2.05, 4.69) is 22.6 Å². The third-order valence-corrected chi connectivity index (χ3v) is 3.14. The van der Waals surface area contributed by atoms with E-state index in [1.165, 1.54) is 7.05 Å². The van der Waals surface area contributed by atoms with Crippen molar-refractivity contribution in [2.45, 2.75) is 6.92 Å². The van der Waals surface area contributed by atoms with Crippen molar-refractivity contribution in [3.8, 4) is 0 Å². The minimum Gasteiger partial charge on any atom is -0.277 e. The van der Waals surface area contributed by atoms with Gasteiger partial charge < -0.3 is 0 Å². The molecule has 3 nitrogen and oxygen atoms in total. The molecular formula is C10H8INO2. The molecule has 0 N–H and O–H groups in total. The number of carbonyl (C=O) groups excluding carboxylic acids is 2. The van der Waals surface area contributed by atoms with Crippen LogP contribution in [-0.4, -0.2) is 23.8 Å². The zero-order chi connectivity index (χ0) is 10.5. The molecule has 14 heavy (non-hydrogen) atoms. The van der Waals surface area contributed by atoms with Gasteiger partial charge in [0.2, 0.25) is 0 Å². The summed E-state index contributed by atoms with van der Waals surface area (Å²) in [5.41, 5.74) is 2.08. The van der Waals surface area contributed by atoms with Gasteiger partial charge in [0.15, 0.2) is 0 Å². The van der Waals surface area contributed by atoms with Crippen molar-refractivity contribution >= 4 is 34.4 Å². The fourth-order valence-electron chi connectivity index (χ4n) is 1.57. The molecule has 1 aliphatic heterocycles. The first-order valence-electron chi connectivity index (χ1n) is 4.15. The second-order valence-corrected chi connectivity index (χ2v) is 4.50. The molecule has 0 aromatic heterocycles. The monoisotopic (exact) mass is 301 g/mol. The van der Waals surface area contributed by atoms with Gasteiger partial charge in [-0.3, -0.25) is 14.5 Å². The Kier molecular flexibility index (Phi) is 2.10. The Morgan fingerprint density at radius 2 is 1.86 bits per heavy atom. The number of hydrogen-bond acceptors (Lipinski definition) is 2. The van der Waals surface area contributed by atoms with E-state index in [-0.39, 0.29) is 11.8 Å². The number of amides is 2. The number of imide groups is 1. The second kappa shape index (κ2) is 3.05. The van der Waals surface area contributed by atoms with Gasteiger partial charge in [0.05, 0.1) is 11.1 Å². The summed E-state index contributed by atoms with van der Waals surface area (Å²) in [6.07, 6.45) is 0. The van der Waals surface area contributed by atoms with Crippen LogP contribution >= 0.6 is 22.6 Å². The highest BCUT2D eigenvalue weighted by atomic mass is 127. The number of benzene rings is 1. The molecule has 0 bridgehead atoms. The largest absolute Gasteiger partial charge is 0.277 e. The van der Waals surface area contributed by atoms with Crippen molar-refractivity contribution in [1.82, 2.24) is 4.90 Å². The van der Waals surface area contributed by atoms with Crippen LogP contribution < -0.4 is 0 Å². The molecule has 1 aromatic rings. The summed E-state index contributed by atoms with van der Waals surface area (Å²) in [4.78, 5) is 24.4. The molecule has 72 valence electrons. The molecule has 0 saturated heterocycles. The third kappa shape index (κ3) is 1.17. The van der Waals surface area contributed by atoms with Gasteiger partial charge in [0.1, 0.15) is 0 Å². The highest BCUT2D eigenvalue weighted by Gasteiger charge is 2.34. The van der Waals surface area contributed by atoms with Crippen molar-refractivity contribution in [2.75, 3.05) is 7.05 Å². The summed E-state index contributed by atoms with van der Waals surface area (Å²) in [7, 11) is 1.51. The molecule has 0 unspecified atom stereocenters. The summed E-state index contributed by atoms with van der Waals surface area (Å²) in [6.45, 7) is 1.92. The van der Waals surface area contributed by atoms with E-state index in [0.29, 0.717) is 11.1 Å². The average Bonchev–Trinajstić information content (AvgIpc) is 2.31. The van der Waals surface area contributed by atoms with E-state index in [9.17, 15) is 9.59 Å². The van der Waals surface area contributed by atoms with E-state index in [1.807, 2.05) is 13.0 Å². The minimum absolute atomic E-state index is 0.200. The average molecular weight is 301 g/mol. The summed E-state index contributed by atoms with van der Waals surface area (Å²) in [5.74, 6) is -0.402. The van der Waals surface area contributed by atoms with Crippen LogP contribution in [-0.2, 0) is 0 Å². The van der Waals surface area contributed by atoms with Gasteiger partial charge in [-0.15, -0.1) is 0 Å². The highest BCUT2D eigenvalue weighted by molar-refractivity contribution is 14.1. The Morgan fingerprint density at radius 3 is 2.50 bits per heavy atom. The quantitative estimate of drug-likeness (QED) is 0.541. The summed E-state index contributed by atoms with van der Waals surface area (Å²) in [6, 6.07) is 3.67. The van der Waals surface area contributed by atoms with E-state index in [1.54, 1.807) is 6.07 Å². The number of hydrogen-bond donors (Lipinski definition) is 0. The molecular weight excluding hydrogens is 293 g/mol. The summed E-state index contributed by atoms with van der Waals surface area (Å²) in [5, 5.41) is 0. The Morgan fingerprint density at radius 1 is 1.21 bits per heavy atom. The van der Waals surface area contributed by atoms with Crippen molar-refractivity contribution in [2.24, 2.45) is 0 Å². The van der Waals surface area contributed by atoms with Gasteiger partial charge in [-0.25, -0.2) is 0 Å². The second-order valence-electron chi connectivity index (χ2n) is 3.34. The van der Waals surface area contributed by atoms with E-state index >= 15 is 0 Å². The van der Waals surface area contributed by atoms with Gasteiger partial charge >= 0.3 is 0 Å². The lowest BCUT2D eigenvalue weighted by molar-refractivity contribution is 0.0693. The number of fused-ring (bicyclic) bond motifs is 1. The van der Waals surface area contributed by atoms with Crippen LogP contribution in [0.15, 0.2) is 12.1 Å². The fraction of sp³-hybridized carbons (Fsp3) is 0.200. The van der Waals surface area contributed by atoms with E-state index in [0.717, 1.165) is 14.0 Å². The zero-order valence-corrected chi connectivity index (χ0v) is 9.95. The maximum atomic E-state index is 11.6. The number of rotatable bonds is 0. The summed E-state index contributed by atoms with van der Waals surface area (Å²) >= 11 is 2.09. The number of aryl methyl sites for hydroxylation is 1. The van der Waals surface area contributed by atoms with Gasteiger partial charge in [0.25, 0.3) is 11.8 Å². The van der Waals surface area contributed by atoms with Crippen molar-refractivity contribution in [3.05, 3.63) is 32.4 Å². The fourth-order valence-corrected chi connectivity index (χ4v) is 2.58. The molecule has 1 heterocycles. The van der Waals surface area contributed by atoms with Crippen LogP contribution in [0.4, 0.5) is 0 Å². The molecule has 0 saturated carbocycles. The molecule has 1 aromatic carbocycles. The zero-order valence-electron chi connectivity index (χ0n) is 7.80. The topological polar surface area (TPSA) is 37.4 Å². The molecule has 4 heteroatoms.